The van der Waals surface area contributed by atoms with Crippen molar-refractivity contribution in [2.45, 2.75) is 32.7 Å². The van der Waals surface area contributed by atoms with E-state index in [1.54, 1.807) is 0 Å². The predicted octanol–water partition coefficient (Wildman–Crippen LogP) is 2.93. The number of rotatable bonds is 6. The standard InChI is InChI=1S/C16H24ClNO2S/c1-12(2)18-10-15(14-7-8-21(19,20)11-14)9-13-3-5-16(17)6-4-13/h3-6,12,14-15,18H,7-11H2,1-2H3. The molecule has 0 saturated carbocycles. The Labute approximate surface area is 133 Å². The fourth-order valence-electron chi connectivity index (χ4n) is 2.91. The third-order valence-corrected chi connectivity index (χ3v) is 6.18. The molecule has 21 heavy (non-hydrogen) atoms. The minimum Gasteiger partial charge on any atom is -0.314 e. The molecule has 1 fully saturated rings. The van der Waals surface area contributed by atoms with Gasteiger partial charge in [-0.05, 0) is 48.9 Å². The molecule has 0 spiro atoms. The molecule has 0 aromatic heterocycles. The Balaban J connectivity index is 2.06. The zero-order valence-corrected chi connectivity index (χ0v) is 14.3. The highest BCUT2D eigenvalue weighted by molar-refractivity contribution is 7.91. The van der Waals surface area contributed by atoms with E-state index in [9.17, 15) is 8.42 Å². The Morgan fingerprint density at radius 2 is 1.95 bits per heavy atom. The summed E-state index contributed by atoms with van der Waals surface area (Å²) in [7, 11) is -2.83. The topological polar surface area (TPSA) is 46.2 Å². The quantitative estimate of drug-likeness (QED) is 0.872. The molecule has 2 unspecified atom stereocenters. The molecule has 3 nitrogen and oxygen atoms in total. The van der Waals surface area contributed by atoms with Gasteiger partial charge in [0, 0.05) is 11.1 Å². The smallest absolute Gasteiger partial charge is 0.150 e. The van der Waals surface area contributed by atoms with E-state index in [4.69, 9.17) is 11.6 Å². The Morgan fingerprint density at radius 1 is 1.29 bits per heavy atom. The van der Waals surface area contributed by atoms with Crippen LogP contribution in [0.4, 0.5) is 0 Å². The molecule has 2 atom stereocenters. The van der Waals surface area contributed by atoms with Gasteiger partial charge in [0.25, 0.3) is 0 Å². The first-order valence-corrected chi connectivity index (χ1v) is 9.74. The van der Waals surface area contributed by atoms with Gasteiger partial charge in [-0.3, -0.25) is 0 Å². The lowest BCUT2D eigenvalue weighted by molar-refractivity contribution is 0.333. The van der Waals surface area contributed by atoms with Crippen LogP contribution < -0.4 is 5.32 Å². The molecular weight excluding hydrogens is 306 g/mol. The number of sulfone groups is 1. The Kier molecular flexibility index (Phi) is 5.69. The lowest BCUT2D eigenvalue weighted by atomic mass is 9.86. The molecule has 118 valence electrons. The number of halogens is 1. The van der Waals surface area contributed by atoms with Crippen molar-refractivity contribution >= 4 is 21.4 Å². The van der Waals surface area contributed by atoms with E-state index < -0.39 is 9.84 Å². The summed E-state index contributed by atoms with van der Waals surface area (Å²) in [4.78, 5) is 0. The first kappa shape index (κ1) is 16.8. The summed E-state index contributed by atoms with van der Waals surface area (Å²) >= 11 is 5.92. The van der Waals surface area contributed by atoms with Crippen molar-refractivity contribution in [1.82, 2.24) is 5.32 Å². The van der Waals surface area contributed by atoms with Crippen LogP contribution in [-0.2, 0) is 16.3 Å². The zero-order chi connectivity index (χ0) is 15.5. The van der Waals surface area contributed by atoms with Crippen LogP contribution in [0.5, 0.6) is 0 Å². The molecular formula is C16H24ClNO2S. The summed E-state index contributed by atoms with van der Waals surface area (Å²) in [5.41, 5.74) is 1.22. The van der Waals surface area contributed by atoms with E-state index in [0.717, 1.165) is 24.4 Å². The van der Waals surface area contributed by atoms with E-state index in [1.807, 2.05) is 24.3 Å². The highest BCUT2D eigenvalue weighted by atomic mass is 35.5. The first-order valence-electron chi connectivity index (χ1n) is 7.54. The Hall–Kier alpha value is -0.580. The van der Waals surface area contributed by atoms with Crippen LogP contribution in [0, 0.1) is 11.8 Å². The summed E-state index contributed by atoms with van der Waals surface area (Å²) < 4.78 is 23.5. The molecule has 1 heterocycles. The lowest BCUT2D eigenvalue weighted by Crippen LogP contribution is -2.34. The van der Waals surface area contributed by atoms with Crippen molar-refractivity contribution in [1.29, 1.82) is 0 Å². The molecule has 2 rings (SSSR count). The monoisotopic (exact) mass is 329 g/mol. The highest BCUT2D eigenvalue weighted by Gasteiger charge is 2.33. The summed E-state index contributed by atoms with van der Waals surface area (Å²) in [6.07, 6.45) is 1.69. The maximum absolute atomic E-state index is 11.7. The molecule has 0 amide bonds. The van der Waals surface area contributed by atoms with Gasteiger partial charge in [-0.1, -0.05) is 37.6 Å². The van der Waals surface area contributed by atoms with Gasteiger partial charge in [-0.25, -0.2) is 8.42 Å². The van der Waals surface area contributed by atoms with Crippen LogP contribution in [0.2, 0.25) is 5.02 Å². The normalized spacial score (nSPS) is 22.6. The highest BCUT2D eigenvalue weighted by Crippen LogP contribution is 2.28. The van der Waals surface area contributed by atoms with Crippen LogP contribution in [0.15, 0.2) is 24.3 Å². The van der Waals surface area contributed by atoms with Crippen LogP contribution in [0.1, 0.15) is 25.8 Å². The fourth-order valence-corrected chi connectivity index (χ4v) is 4.96. The molecule has 1 aromatic rings. The van der Waals surface area contributed by atoms with Gasteiger partial charge in [0.1, 0.15) is 0 Å². The Bertz CT molecular complexity index is 554. The molecule has 1 aliphatic heterocycles. The van der Waals surface area contributed by atoms with Crippen LogP contribution in [0.3, 0.4) is 0 Å². The van der Waals surface area contributed by atoms with Gasteiger partial charge >= 0.3 is 0 Å². The number of nitrogens with one attached hydrogen (secondary N) is 1. The maximum Gasteiger partial charge on any atom is 0.150 e. The molecule has 1 N–H and O–H groups in total. The third-order valence-electron chi connectivity index (χ3n) is 4.13. The second-order valence-corrected chi connectivity index (χ2v) is 8.98. The molecule has 0 radical (unpaired) electrons. The van der Waals surface area contributed by atoms with E-state index in [2.05, 4.69) is 19.2 Å². The third kappa shape index (κ3) is 5.28. The summed E-state index contributed by atoms with van der Waals surface area (Å²) in [6, 6.07) is 8.28. The van der Waals surface area contributed by atoms with E-state index in [1.165, 1.54) is 5.56 Å². The lowest BCUT2D eigenvalue weighted by Gasteiger charge is -2.24. The zero-order valence-electron chi connectivity index (χ0n) is 12.7. The SMILES string of the molecule is CC(C)NCC(Cc1ccc(Cl)cc1)C1CCS(=O)(=O)C1. The summed E-state index contributed by atoms with van der Waals surface area (Å²) in [6.45, 7) is 5.09. The van der Waals surface area contributed by atoms with Gasteiger partial charge < -0.3 is 5.32 Å². The van der Waals surface area contributed by atoms with Crippen molar-refractivity contribution in [2.24, 2.45) is 11.8 Å². The molecule has 1 aliphatic rings. The minimum atomic E-state index is -2.83. The predicted molar refractivity (Wildman–Crippen MR) is 88.5 cm³/mol. The maximum atomic E-state index is 11.7. The van der Waals surface area contributed by atoms with E-state index >= 15 is 0 Å². The Morgan fingerprint density at radius 3 is 2.48 bits per heavy atom. The van der Waals surface area contributed by atoms with Crippen molar-refractivity contribution < 1.29 is 8.42 Å². The van der Waals surface area contributed by atoms with Crippen molar-refractivity contribution in [3.05, 3.63) is 34.9 Å². The summed E-state index contributed by atoms with van der Waals surface area (Å²) in [5.74, 6) is 1.30. The second-order valence-electron chi connectivity index (χ2n) is 6.32. The van der Waals surface area contributed by atoms with Gasteiger partial charge in [0.15, 0.2) is 9.84 Å². The minimum absolute atomic E-state index is 0.261. The average Bonchev–Trinajstić information content (AvgIpc) is 2.77. The van der Waals surface area contributed by atoms with Gasteiger partial charge in [-0.15, -0.1) is 0 Å². The molecule has 5 heteroatoms. The van der Waals surface area contributed by atoms with E-state index in [-0.39, 0.29) is 5.92 Å². The van der Waals surface area contributed by atoms with Crippen molar-refractivity contribution in [3.63, 3.8) is 0 Å². The molecule has 1 aromatic carbocycles. The summed E-state index contributed by atoms with van der Waals surface area (Å²) in [5, 5.41) is 4.20. The van der Waals surface area contributed by atoms with Gasteiger partial charge in [0.05, 0.1) is 11.5 Å². The second kappa shape index (κ2) is 7.12. The van der Waals surface area contributed by atoms with Crippen LogP contribution >= 0.6 is 11.6 Å². The van der Waals surface area contributed by atoms with Gasteiger partial charge in [-0.2, -0.15) is 0 Å². The van der Waals surface area contributed by atoms with Crippen molar-refractivity contribution in [3.8, 4) is 0 Å². The number of benzene rings is 1. The molecule has 1 saturated heterocycles. The van der Waals surface area contributed by atoms with E-state index in [0.29, 0.717) is 23.5 Å². The largest absolute Gasteiger partial charge is 0.314 e. The first-order chi connectivity index (χ1) is 9.85. The van der Waals surface area contributed by atoms with Crippen LogP contribution in [-0.4, -0.2) is 32.5 Å². The average molecular weight is 330 g/mol. The number of hydrogen-bond acceptors (Lipinski definition) is 3. The number of hydrogen-bond donors (Lipinski definition) is 1. The molecule has 0 aliphatic carbocycles. The van der Waals surface area contributed by atoms with Crippen molar-refractivity contribution in [2.75, 3.05) is 18.1 Å². The van der Waals surface area contributed by atoms with Crippen LogP contribution in [0.25, 0.3) is 0 Å². The van der Waals surface area contributed by atoms with Gasteiger partial charge in [0.2, 0.25) is 0 Å². The fraction of sp³-hybridized carbons (Fsp3) is 0.625. The molecule has 0 bridgehead atoms.